The van der Waals surface area contributed by atoms with Crippen LogP contribution in [-0.2, 0) is 13.1 Å². The fourth-order valence-electron chi connectivity index (χ4n) is 2.85. The molecule has 0 aliphatic heterocycles. The van der Waals surface area contributed by atoms with E-state index in [2.05, 4.69) is 20.6 Å². The number of hydrogen-bond acceptors (Lipinski definition) is 4. The van der Waals surface area contributed by atoms with Crippen LogP contribution in [0.3, 0.4) is 0 Å². The van der Waals surface area contributed by atoms with Crippen molar-refractivity contribution in [1.29, 1.82) is 0 Å². The van der Waals surface area contributed by atoms with Crippen molar-refractivity contribution in [3.05, 3.63) is 63.6 Å². The Morgan fingerprint density at radius 2 is 2.07 bits per heavy atom. The molecule has 1 aromatic carbocycles. The van der Waals surface area contributed by atoms with Crippen molar-refractivity contribution >= 4 is 23.3 Å². The van der Waals surface area contributed by atoms with Gasteiger partial charge in [-0.05, 0) is 45.6 Å². The molecule has 2 aromatic heterocycles. The first-order valence-electron chi connectivity index (χ1n) is 8.62. The van der Waals surface area contributed by atoms with Crippen LogP contribution >= 0.6 is 11.6 Å². The molecule has 0 fully saturated rings. The van der Waals surface area contributed by atoms with Crippen molar-refractivity contribution in [2.24, 2.45) is 0 Å². The lowest BCUT2D eigenvalue weighted by atomic mass is 10.1. The van der Waals surface area contributed by atoms with E-state index in [0.29, 0.717) is 22.9 Å². The van der Waals surface area contributed by atoms with Gasteiger partial charge in [-0.2, -0.15) is 10.2 Å². The first-order valence-corrected chi connectivity index (χ1v) is 9.00. The Labute approximate surface area is 163 Å². The Morgan fingerprint density at radius 3 is 2.74 bits per heavy atom. The number of nitrogens with zero attached hydrogens (tertiary/aromatic N) is 4. The van der Waals surface area contributed by atoms with Crippen LogP contribution in [0.2, 0.25) is 5.02 Å². The summed E-state index contributed by atoms with van der Waals surface area (Å²) in [6.07, 6.45) is 0. The first-order chi connectivity index (χ1) is 12.8. The van der Waals surface area contributed by atoms with E-state index in [-0.39, 0.29) is 5.91 Å². The second-order valence-electron chi connectivity index (χ2n) is 6.81. The van der Waals surface area contributed by atoms with E-state index in [4.69, 9.17) is 11.6 Å². The highest BCUT2D eigenvalue weighted by Gasteiger charge is 2.12. The summed E-state index contributed by atoms with van der Waals surface area (Å²) < 4.78 is 1.84. The van der Waals surface area contributed by atoms with Gasteiger partial charge in [0.25, 0.3) is 5.91 Å². The Kier molecular flexibility index (Phi) is 5.62. The van der Waals surface area contributed by atoms with Crippen LogP contribution < -0.4 is 5.32 Å². The number of aryl methyl sites for hydroxylation is 1. The third-order valence-corrected chi connectivity index (χ3v) is 4.72. The summed E-state index contributed by atoms with van der Waals surface area (Å²) in [5.41, 5.74) is 4.19. The van der Waals surface area contributed by atoms with Gasteiger partial charge in [0.1, 0.15) is 0 Å². The fraction of sp³-hybridized carbons (Fsp3) is 0.316. The van der Waals surface area contributed by atoms with Crippen LogP contribution in [0.15, 0.2) is 30.3 Å². The van der Waals surface area contributed by atoms with Crippen LogP contribution in [-0.4, -0.2) is 44.9 Å². The predicted octanol–water partition coefficient (Wildman–Crippen LogP) is 3.24. The summed E-state index contributed by atoms with van der Waals surface area (Å²) in [4.78, 5) is 14.6. The number of hydrogen-bond donors (Lipinski definition) is 2. The molecule has 2 N–H and O–H groups in total. The molecule has 0 radical (unpaired) electrons. The van der Waals surface area contributed by atoms with Crippen molar-refractivity contribution in [2.75, 3.05) is 19.4 Å². The number of aromatic amines is 1. The van der Waals surface area contributed by atoms with Gasteiger partial charge in [-0.3, -0.25) is 14.6 Å². The van der Waals surface area contributed by atoms with E-state index in [1.165, 1.54) is 0 Å². The Morgan fingerprint density at radius 1 is 1.30 bits per heavy atom. The van der Waals surface area contributed by atoms with Crippen LogP contribution in [0, 0.1) is 13.8 Å². The van der Waals surface area contributed by atoms with Gasteiger partial charge >= 0.3 is 0 Å². The number of anilines is 1. The summed E-state index contributed by atoms with van der Waals surface area (Å²) in [5.74, 6) is 0.304. The molecular weight excluding hydrogens is 364 g/mol. The van der Waals surface area contributed by atoms with Gasteiger partial charge in [-0.1, -0.05) is 23.7 Å². The van der Waals surface area contributed by atoms with E-state index in [0.717, 1.165) is 29.2 Å². The summed E-state index contributed by atoms with van der Waals surface area (Å²) in [6.45, 7) is 5.09. The summed E-state index contributed by atoms with van der Waals surface area (Å²) in [7, 11) is 3.95. The minimum absolute atomic E-state index is 0.203. The zero-order valence-electron chi connectivity index (χ0n) is 15.9. The smallest absolute Gasteiger partial charge is 0.256 e. The van der Waals surface area contributed by atoms with Crippen molar-refractivity contribution in [1.82, 2.24) is 24.9 Å². The molecule has 3 rings (SSSR count). The Hall–Kier alpha value is -2.64. The quantitative estimate of drug-likeness (QED) is 0.681. The van der Waals surface area contributed by atoms with Gasteiger partial charge in [0.2, 0.25) is 0 Å². The molecular formula is C19H23ClN6O. The van der Waals surface area contributed by atoms with Gasteiger partial charge in [0.15, 0.2) is 5.82 Å². The van der Waals surface area contributed by atoms with Crippen LogP contribution in [0.4, 0.5) is 5.82 Å². The van der Waals surface area contributed by atoms with Gasteiger partial charge < -0.3 is 10.2 Å². The highest BCUT2D eigenvalue weighted by atomic mass is 35.5. The Balaban J connectivity index is 1.71. The normalized spacial score (nSPS) is 11.2. The maximum atomic E-state index is 12.6. The summed E-state index contributed by atoms with van der Waals surface area (Å²) in [5, 5.41) is 15.0. The molecule has 3 aromatic rings. The number of H-pyrrole nitrogens is 1. The highest BCUT2D eigenvalue weighted by Crippen LogP contribution is 2.20. The molecule has 0 saturated heterocycles. The van der Waals surface area contributed by atoms with E-state index in [1.54, 1.807) is 6.07 Å². The van der Waals surface area contributed by atoms with E-state index < -0.39 is 0 Å². The standard InChI is InChI=1S/C19H23ClN6O/c1-12-18(20)13(2)26(24-12)10-14-6-5-7-15(8-14)19(27)21-17-9-16(22-23-17)11-25(3)4/h5-9H,10-11H2,1-4H3,(H2,21,22,23,27). The molecule has 7 nitrogen and oxygen atoms in total. The molecule has 2 heterocycles. The molecule has 0 bridgehead atoms. The minimum atomic E-state index is -0.203. The highest BCUT2D eigenvalue weighted by molar-refractivity contribution is 6.31. The number of aromatic nitrogens is 4. The third-order valence-electron chi connectivity index (χ3n) is 4.17. The van der Waals surface area contributed by atoms with Gasteiger partial charge in [0, 0.05) is 18.2 Å². The molecule has 0 aliphatic carbocycles. The molecule has 142 valence electrons. The van der Waals surface area contributed by atoms with Crippen molar-refractivity contribution in [2.45, 2.75) is 26.9 Å². The zero-order chi connectivity index (χ0) is 19.6. The lowest BCUT2D eigenvalue weighted by Gasteiger charge is -2.07. The van der Waals surface area contributed by atoms with Crippen LogP contribution in [0.5, 0.6) is 0 Å². The van der Waals surface area contributed by atoms with Gasteiger partial charge in [-0.15, -0.1) is 0 Å². The molecule has 0 saturated carbocycles. The molecule has 0 spiro atoms. The number of amides is 1. The molecule has 0 atom stereocenters. The maximum absolute atomic E-state index is 12.6. The molecule has 27 heavy (non-hydrogen) atoms. The number of halogens is 1. The third kappa shape index (κ3) is 4.56. The van der Waals surface area contributed by atoms with Crippen LogP contribution in [0.25, 0.3) is 0 Å². The lowest BCUT2D eigenvalue weighted by Crippen LogP contribution is -2.13. The summed E-state index contributed by atoms with van der Waals surface area (Å²) >= 11 is 6.21. The van der Waals surface area contributed by atoms with Crippen molar-refractivity contribution in [3.63, 3.8) is 0 Å². The Bertz CT molecular complexity index is 959. The van der Waals surface area contributed by atoms with E-state index >= 15 is 0 Å². The SMILES string of the molecule is Cc1nn(Cc2cccc(C(=O)Nc3cc(CN(C)C)[nH]n3)c2)c(C)c1Cl. The molecule has 0 unspecified atom stereocenters. The molecule has 0 aliphatic rings. The number of nitrogens with one attached hydrogen (secondary N) is 2. The van der Waals surface area contributed by atoms with Crippen LogP contribution in [0.1, 0.15) is 33.0 Å². The maximum Gasteiger partial charge on any atom is 0.256 e. The second-order valence-corrected chi connectivity index (χ2v) is 7.19. The van der Waals surface area contributed by atoms with Gasteiger partial charge in [0.05, 0.1) is 28.6 Å². The fourth-order valence-corrected chi connectivity index (χ4v) is 2.98. The van der Waals surface area contributed by atoms with E-state index in [9.17, 15) is 4.79 Å². The number of carbonyl (C=O) groups is 1. The largest absolute Gasteiger partial charge is 0.305 e. The minimum Gasteiger partial charge on any atom is -0.305 e. The molecule has 8 heteroatoms. The number of rotatable bonds is 6. The van der Waals surface area contributed by atoms with Crippen molar-refractivity contribution in [3.8, 4) is 0 Å². The van der Waals surface area contributed by atoms with E-state index in [1.807, 2.05) is 61.8 Å². The lowest BCUT2D eigenvalue weighted by molar-refractivity contribution is 0.102. The topological polar surface area (TPSA) is 78.8 Å². The predicted molar refractivity (Wildman–Crippen MR) is 106 cm³/mol. The van der Waals surface area contributed by atoms with Crippen molar-refractivity contribution < 1.29 is 4.79 Å². The molecule has 1 amide bonds. The zero-order valence-corrected chi connectivity index (χ0v) is 16.6. The second kappa shape index (κ2) is 7.94. The average molecular weight is 387 g/mol. The first kappa shape index (κ1) is 19.1. The monoisotopic (exact) mass is 386 g/mol. The van der Waals surface area contributed by atoms with Gasteiger partial charge in [-0.25, -0.2) is 0 Å². The number of carbonyl (C=O) groups excluding carboxylic acids is 1. The number of benzene rings is 1. The average Bonchev–Trinajstić information content (AvgIpc) is 3.14. The summed E-state index contributed by atoms with van der Waals surface area (Å²) in [6, 6.07) is 9.29.